The topological polar surface area (TPSA) is 126 Å². The van der Waals surface area contributed by atoms with Crippen LogP contribution in [-0.2, 0) is 0 Å². The van der Waals surface area contributed by atoms with Crippen molar-refractivity contribution < 1.29 is 14.1 Å². The zero-order valence-electron chi connectivity index (χ0n) is 20.2. The maximum atomic E-state index is 13.6. The first-order chi connectivity index (χ1) is 19.4. The second-order valence-corrected chi connectivity index (χ2v) is 10.3. The number of rotatable bonds is 6. The number of halogens is 2. The van der Waals surface area contributed by atoms with Gasteiger partial charge in [-0.05, 0) is 54.6 Å². The van der Waals surface area contributed by atoms with Crippen LogP contribution in [-0.4, -0.2) is 25.8 Å². The predicted octanol–water partition coefficient (Wildman–Crippen LogP) is 7.31. The molecule has 0 amide bonds. The Hall–Kier alpha value is -4.68. The van der Waals surface area contributed by atoms with Crippen LogP contribution in [0.15, 0.2) is 108 Å². The van der Waals surface area contributed by atoms with Crippen molar-refractivity contribution in [3.8, 4) is 23.2 Å². The third kappa shape index (κ3) is 5.01. The van der Waals surface area contributed by atoms with Crippen LogP contribution in [0.5, 0.6) is 11.6 Å². The number of para-hydroxylation sites is 1. The Balaban J connectivity index is 1.46. The summed E-state index contributed by atoms with van der Waals surface area (Å²) in [4.78, 5) is 32.7. The first-order valence-corrected chi connectivity index (χ1v) is 13.3. The van der Waals surface area contributed by atoms with Gasteiger partial charge in [-0.1, -0.05) is 44.0 Å². The van der Waals surface area contributed by atoms with Gasteiger partial charge in [0.2, 0.25) is 11.7 Å². The molecule has 6 aromatic rings. The van der Waals surface area contributed by atoms with Gasteiger partial charge in [-0.15, -0.1) is 0 Å². The smallest absolute Gasteiger partial charge is 0.287 e. The molecule has 40 heavy (non-hydrogen) atoms. The number of hydrogen-bond acceptors (Lipinski definition) is 8. The monoisotopic (exact) mass is 659 g/mol. The van der Waals surface area contributed by atoms with E-state index in [9.17, 15) is 14.9 Å². The number of ether oxygens (including phenoxy) is 1. The van der Waals surface area contributed by atoms with E-state index in [1.54, 1.807) is 48.5 Å². The van der Waals surface area contributed by atoms with E-state index >= 15 is 0 Å². The van der Waals surface area contributed by atoms with Gasteiger partial charge >= 0.3 is 0 Å². The second-order valence-electron chi connectivity index (χ2n) is 8.50. The zero-order chi connectivity index (χ0) is 27.8. The molecule has 0 aliphatic heterocycles. The molecule has 3 heterocycles. The molecule has 0 N–H and O–H groups in total. The van der Waals surface area contributed by atoms with Crippen LogP contribution in [0.25, 0.3) is 33.5 Å². The van der Waals surface area contributed by atoms with Crippen molar-refractivity contribution in [3.63, 3.8) is 0 Å². The van der Waals surface area contributed by atoms with E-state index in [1.807, 2.05) is 18.2 Å². The molecule has 10 nitrogen and oxygen atoms in total. The quantitative estimate of drug-likeness (QED) is 0.104. The Bertz CT molecular complexity index is 2020. The number of nitro groups is 1. The molecule has 12 heteroatoms. The highest BCUT2D eigenvalue weighted by Crippen LogP contribution is 2.30. The fourth-order valence-corrected chi connectivity index (χ4v) is 4.76. The summed E-state index contributed by atoms with van der Waals surface area (Å²) in [6.07, 6.45) is 2.58. The van der Waals surface area contributed by atoms with E-state index in [1.165, 1.54) is 23.0 Å². The standard InChI is InChI=1S/C28H15Br2N5O5/c29-18-5-8-23-16(11-18)13-25(39-23)27-33-22-4-2-1-3-21(22)28(36)34(27)32-14-17-12-19(30)6-9-24(17)40-26-10-7-20(15-31-26)35(37)38/h1-15H. The summed E-state index contributed by atoms with van der Waals surface area (Å²) in [5, 5.41) is 16.7. The van der Waals surface area contributed by atoms with Crippen LogP contribution < -0.4 is 10.3 Å². The molecule has 0 saturated carbocycles. The van der Waals surface area contributed by atoms with Crippen LogP contribution in [0, 0.1) is 10.1 Å². The maximum Gasteiger partial charge on any atom is 0.287 e. The normalized spacial score (nSPS) is 11.4. The van der Waals surface area contributed by atoms with E-state index < -0.39 is 4.92 Å². The summed E-state index contributed by atoms with van der Waals surface area (Å²) in [6, 6.07) is 22.3. The first-order valence-electron chi connectivity index (χ1n) is 11.7. The van der Waals surface area contributed by atoms with Crippen LogP contribution in [0.3, 0.4) is 0 Å². The Morgan fingerprint density at radius 1 is 1.00 bits per heavy atom. The third-order valence-corrected chi connectivity index (χ3v) is 6.87. The number of aromatic nitrogens is 3. The minimum Gasteiger partial charge on any atom is -0.453 e. The molecule has 0 aliphatic rings. The number of pyridine rings is 1. The van der Waals surface area contributed by atoms with Crippen LogP contribution >= 0.6 is 31.9 Å². The largest absolute Gasteiger partial charge is 0.453 e. The molecule has 0 unspecified atom stereocenters. The van der Waals surface area contributed by atoms with E-state index in [4.69, 9.17) is 14.1 Å². The summed E-state index contributed by atoms with van der Waals surface area (Å²) in [7, 11) is 0. The molecule has 0 fully saturated rings. The first kappa shape index (κ1) is 25.6. The van der Waals surface area contributed by atoms with Gasteiger partial charge in [0, 0.05) is 32.0 Å². The van der Waals surface area contributed by atoms with Crippen LogP contribution in [0.4, 0.5) is 5.69 Å². The number of furan rings is 1. The number of nitrogens with zero attached hydrogens (tertiary/aromatic N) is 5. The number of hydrogen-bond donors (Lipinski definition) is 0. The highest BCUT2D eigenvalue weighted by molar-refractivity contribution is 9.10. The molecule has 196 valence electrons. The number of benzene rings is 3. The summed E-state index contributed by atoms with van der Waals surface area (Å²) < 4.78 is 14.7. The Kier molecular flexibility index (Phi) is 6.70. The average Bonchev–Trinajstić information content (AvgIpc) is 3.37. The number of fused-ring (bicyclic) bond motifs is 2. The maximum absolute atomic E-state index is 13.6. The molecule has 3 aromatic heterocycles. The van der Waals surface area contributed by atoms with Gasteiger partial charge in [-0.3, -0.25) is 14.9 Å². The lowest BCUT2D eigenvalue weighted by Crippen LogP contribution is -2.20. The lowest BCUT2D eigenvalue weighted by molar-refractivity contribution is -0.385. The summed E-state index contributed by atoms with van der Waals surface area (Å²) in [5.41, 5.74) is 1.11. The van der Waals surface area contributed by atoms with Crippen molar-refractivity contribution in [2.75, 3.05) is 0 Å². The minimum atomic E-state index is -0.539. The van der Waals surface area contributed by atoms with Gasteiger partial charge in [0.25, 0.3) is 11.2 Å². The molecule has 6 rings (SSSR count). The molecule has 0 atom stereocenters. The van der Waals surface area contributed by atoms with Crippen molar-refractivity contribution in [2.45, 2.75) is 0 Å². The van der Waals surface area contributed by atoms with E-state index in [2.05, 4.69) is 41.9 Å². The second kappa shape index (κ2) is 10.5. The van der Waals surface area contributed by atoms with Crippen LogP contribution in [0.1, 0.15) is 5.56 Å². The van der Waals surface area contributed by atoms with Gasteiger partial charge in [-0.2, -0.15) is 9.78 Å². The van der Waals surface area contributed by atoms with Gasteiger partial charge < -0.3 is 9.15 Å². The van der Waals surface area contributed by atoms with E-state index in [0.717, 1.165) is 20.5 Å². The van der Waals surface area contributed by atoms with Crippen molar-refractivity contribution in [2.24, 2.45) is 5.10 Å². The fraction of sp³-hybridized carbons (Fsp3) is 0. The van der Waals surface area contributed by atoms with Crippen molar-refractivity contribution in [1.29, 1.82) is 0 Å². The van der Waals surface area contributed by atoms with Gasteiger partial charge in [0.1, 0.15) is 17.5 Å². The predicted molar refractivity (Wildman–Crippen MR) is 157 cm³/mol. The Labute approximate surface area is 242 Å². The Morgan fingerprint density at radius 3 is 2.60 bits per heavy atom. The van der Waals surface area contributed by atoms with Crippen molar-refractivity contribution in [3.05, 3.63) is 120 Å². The molecular formula is C28H15Br2N5O5. The molecular weight excluding hydrogens is 646 g/mol. The SMILES string of the molecule is O=c1c2ccccc2nc(-c2cc3cc(Br)ccc3o2)n1N=Cc1cc(Br)ccc1Oc1ccc([N+](=O)[O-])cn1. The van der Waals surface area contributed by atoms with Crippen molar-refractivity contribution >= 4 is 65.6 Å². The fourth-order valence-electron chi connectivity index (χ4n) is 4.00. The molecule has 0 saturated heterocycles. The highest BCUT2D eigenvalue weighted by atomic mass is 79.9. The van der Waals surface area contributed by atoms with Gasteiger partial charge in [-0.25, -0.2) is 9.97 Å². The summed E-state index contributed by atoms with van der Waals surface area (Å²) >= 11 is 6.92. The van der Waals surface area contributed by atoms with E-state index in [-0.39, 0.29) is 23.0 Å². The van der Waals surface area contributed by atoms with Crippen molar-refractivity contribution in [1.82, 2.24) is 14.6 Å². The summed E-state index contributed by atoms with van der Waals surface area (Å²) in [5.74, 6) is 1.11. The molecule has 0 radical (unpaired) electrons. The third-order valence-electron chi connectivity index (χ3n) is 5.88. The molecule has 3 aromatic carbocycles. The highest BCUT2D eigenvalue weighted by Gasteiger charge is 2.17. The van der Waals surface area contributed by atoms with E-state index in [0.29, 0.717) is 33.6 Å². The Morgan fingerprint density at radius 2 is 1.80 bits per heavy atom. The summed E-state index contributed by atoms with van der Waals surface area (Å²) in [6.45, 7) is 0. The zero-order valence-corrected chi connectivity index (χ0v) is 23.4. The molecule has 0 spiro atoms. The lowest BCUT2D eigenvalue weighted by Gasteiger charge is -2.09. The van der Waals surface area contributed by atoms with Gasteiger partial charge in [0.05, 0.1) is 22.0 Å². The average molecular weight is 661 g/mol. The lowest BCUT2D eigenvalue weighted by atomic mass is 10.2. The van der Waals surface area contributed by atoms with Crippen LogP contribution in [0.2, 0.25) is 0 Å². The van der Waals surface area contributed by atoms with Gasteiger partial charge in [0.15, 0.2) is 5.76 Å². The molecule has 0 aliphatic carbocycles. The minimum absolute atomic E-state index is 0.154. The molecule has 0 bridgehead atoms.